The third kappa shape index (κ3) is 12.6. The maximum atomic E-state index is 16.5. The average Bonchev–Trinajstić information content (AvgIpc) is 4.00. The number of nitrogens with one attached hydrogen (secondary N) is 1. The Morgan fingerprint density at radius 1 is 0.814 bits per heavy atom. The number of benzene rings is 2. The number of hydrogen-bond donors (Lipinski definition) is 4. The van der Waals surface area contributed by atoms with Crippen molar-refractivity contribution in [1.82, 2.24) is 29.1 Å². The van der Waals surface area contributed by atoms with Crippen molar-refractivity contribution in [3.05, 3.63) is 105 Å². The number of rotatable bonds is 18. The molecular weight excluding hydrogens is 987 g/mol. The number of ether oxygens (including phenoxy) is 4. The van der Waals surface area contributed by atoms with E-state index in [-0.39, 0.29) is 40.7 Å². The lowest BCUT2D eigenvalue weighted by Crippen LogP contribution is -2.38. The highest BCUT2D eigenvalue weighted by atomic mass is 32.7. The Kier molecular flexibility index (Phi) is 17.0. The van der Waals surface area contributed by atoms with E-state index in [1.165, 1.54) is 18.5 Å². The van der Waals surface area contributed by atoms with Crippen LogP contribution in [-0.2, 0) is 42.5 Å². The van der Waals surface area contributed by atoms with Crippen molar-refractivity contribution < 1.29 is 69.7 Å². The average molecular weight is 1040 g/mol. The number of carbonyl (C=O) groups excluding carboxylic acids is 1. The Bertz CT molecular complexity index is 2790. The molecule has 6 heterocycles. The number of nitrogens with zero attached hydrogens (tertiary/aromatic N) is 5. The fourth-order valence-electron chi connectivity index (χ4n) is 7.93. The number of unbranched alkanes of at least 4 members (excludes halogenated alkanes) is 7. The number of aromatic nitrogens is 6. The Balaban J connectivity index is 0.940. The number of carbonyl (C=O) groups is 1. The minimum Gasteiger partial charge on any atom is -0.494 e. The first-order valence-corrected chi connectivity index (χ1v) is 27.1. The summed E-state index contributed by atoms with van der Waals surface area (Å²) in [5.41, 5.74) is 5.01. The minimum absolute atomic E-state index is 0.0173. The lowest BCUT2D eigenvalue weighted by molar-refractivity contribution is -0.0619. The molecule has 0 radical (unpaired) electrons. The molecule has 3 fully saturated rings. The van der Waals surface area contributed by atoms with Crippen molar-refractivity contribution in [2.24, 2.45) is 0 Å². The molecule has 2 unspecified atom stereocenters. The number of nitrogens with two attached hydrogens (primary N) is 1. The molecular formula is C43H51F2N7O15P2S. The molecule has 5 aromatic rings. The maximum Gasteiger partial charge on any atom is 0.472 e. The first-order valence-electron chi connectivity index (χ1n) is 22.4. The minimum atomic E-state index is -5.25. The molecule has 0 amide bonds. The molecule has 0 spiro atoms. The first-order chi connectivity index (χ1) is 33.7. The van der Waals surface area contributed by atoms with Crippen LogP contribution >= 0.6 is 26.0 Å². The second kappa shape index (κ2) is 23.1. The molecule has 3 saturated heterocycles. The molecule has 378 valence electrons. The number of H-pyrrole nitrogens is 1. The zero-order chi connectivity index (χ0) is 49.4. The van der Waals surface area contributed by atoms with E-state index in [1.807, 2.05) is 4.98 Å². The lowest BCUT2D eigenvalue weighted by Gasteiger charge is -2.29. The van der Waals surface area contributed by atoms with Gasteiger partial charge < -0.3 is 34.7 Å². The fraction of sp³-hybridized carbons (Fsp3) is 0.488. The Morgan fingerprint density at radius 3 is 2.13 bits per heavy atom. The first kappa shape index (κ1) is 51.4. The molecule has 2 aromatic carbocycles. The van der Waals surface area contributed by atoms with Crippen molar-refractivity contribution in [2.75, 3.05) is 32.2 Å². The molecule has 27 heteroatoms. The summed E-state index contributed by atoms with van der Waals surface area (Å²) in [5, 5.41) is 8.88. The van der Waals surface area contributed by atoms with Gasteiger partial charge in [0.1, 0.15) is 47.8 Å². The van der Waals surface area contributed by atoms with Crippen LogP contribution in [0.5, 0.6) is 11.5 Å². The van der Waals surface area contributed by atoms with Crippen LogP contribution in [0.2, 0.25) is 0 Å². The van der Waals surface area contributed by atoms with Crippen molar-refractivity contribution in [1.29, 1.82) is 0 Å². The van der Waals surface area contributed by atoms with Gasteiger partial charge in [0, 0.05) is 24.6 Å². The molecule has 70 heavy (non-hydrogen) atoms. The third-order valence-electron chi connectivity index (χ3n) is 11.6. The molecule has 22 nitrogen and oxygen atoms in total. The number of aliphatic hydroxyl groups is 1. The molecule has 0 saturated carbocycles. The summed E-state index contributed by atoms with van der Waals surface area (Å²) in [7, 11) is -5.25. The van der Waals surface area contributed by atoms with E-state index in [1.54, 1.807) is 36.4 Å². The highest BCUT2D eigenvalue weighted by Gasteiger charge is 2.55. The Morgan fingerprint density at radius 2 is 1.44 bits per heavy atom. The number of phosphoric ester groups is 1. The molecule has 0 bridgehead atoms. The maximum absolute atomic E-state index is 16.5. The summed E-state index contributed by atoms with van der Waals surface area (Å²) < 4.78 is 108. The summed E-state index contributed by atoms with van der Waals surface area (Å²) in [5.74, 6) is 0.0369. The van der Waals surface area contributed by atoms with E-state index in [0.29, 0.717) is 33.9 Å². The number of hydrogen-bond acceptors (Lipinski definition) is 19. The summed E-state index contributed by atoms with van der Waals surface area (Å²) in [6.45, 7) is -5.64. The van der Waals surface area contributed by atoms with Gasteiger partial charge in [-0.15, -0.1) is 0 Å². The highest BCUT2D eigenvalue weighted by Crippen LogP contribution is 2.65. The number of anilines is 1. The van der Waals surface area contributed by atoms with Crippen molar-refractivity contribution in [2.45, 2.75) is 106 Å². The molecule has 3 aliphatic heterocycles. The second-order valence-electron chi connectivity index (χ2n) is 16.5. The number of nitrogen functional groups attached to an aromatic ring is 1. The summed E-state index contributed by atoms with van der Waals surface area (Å²) in [4.78, 5) is 62.4. The van der Waals surface area contributed by atoms with Gasteiger partial charge in [0.15, 0.2) is 36.3 Å². The quantitative estimate of drug-likeness (QED) is 0.0334. The monoisotopic (exact) mass is 1040 g/mol. The van der Waals surface area contributed by atoms with Gasteiger partial charge in [0.2, 0.25) is 0 Å². The number of aromatic amines is 1. The zero-order valence-corrected chi connectivity index (χ0v) is 39.9. The van der Waals surface area contributed by atoms with Gasteiger partial charge in [-0.05, 0) is 66.2 Å². The van der Waals surface area contributed by atoms with Crippen molar-refractivity contribution in [3.63, 3.8) is 0 Å². The number of phosphoric acid groups is 1. The van der Waals surface area contributed by atoms with E-state index < -0.39 is 94.3 Å². The van der Waals surface area contributed by atoms with Crippen LogP contribution in [-0.4, -0.2) is 108 Å². The molecule has 10 atom stereocenters. The van der Waals surface area contributed by atoms with Crippen LogP contribution in [0.15, 0.2) is 83.0 Å². The van der Waals surface area contributed by atoms with Crippen LogP contribution in [0.4, 0.5) is 14.6 Å². The number of imidazole rings is 1. The lowest BCUT2D eigenvalue weighted by atomic mass is 10.1. The van der Waals surface area contributed by atoms with Crippen LogP contribution in [0.1, 0.15) is 79.7 Å². The van der Waals surface area contributed by atoms with Gasteiger partial charge in [0.05, 0.1) is 31.7 Å². The van der Waals surface area contributed by atoms with Gasteiger partial charge >= 0.3 is 26.3 Å². The standard InChI is InChI=1S/C43H51F2N7O15P2S/c44-33-36-31(65-41(33)52-25-49-35-38(46)47-24-48-39(35)52)22-62-69(59,67-37-30(21-61-68(57,58)66-36)64-40(34(37)45)51-18-17-32(54)50-43(51)56)70-23-26-9-13-29(14-10-26)63-42(55)27-11-15-28(16-12-27)60-20-8-6-4-2-1-3-5-7-19-53/h9-18,24-25,30-31,33-34,36-37,40-41,53H,1-8,19-23H2,(H,57,58)(H2,46,47,48)(H,50,54,56)/t30-,31-,33-,34-,36-,37-,40-,41-,69?/m1/s1. The van der Waals surface area contributed by atoms with Gasteiger partial charge in [-0.3, -0.25) is 37.0 Å². The van der Waals surface area contributed by atoms with Gasteiger partial charge in [-0.2, -0.15) is 0 Å². The molecule has 3 aromatic heterocycles. The number of esters is 1. The van der Waals surface area contributed by atoms with E-state index in [2.05, 4.69) is 15.0 Å². The van der Waals surface area contributed by atoms with Gasteiger partial charge in [0.25, 0.3) is 5.56 Å². The highest BCUT2D eigenvalue weighted by molar-refractivity contribution is 8.54. The number of alkyl halides is 2. The second-order valence-corrected chi connectivity index (χ2v) is 21.9. The van der Waals surface area contributed by atoms with Gasteiger partial charge in [-0.25, -0.2) is 42.5 Å². The topological polar surface area (TPSA) is 290 Å². The Hall–Kier alpha value is -4.91. The van der Waals surface area contributed by atoms with E-state index >= 15 is 8.78 Å². The molecule has 8 rings (SSSR count). The smallest absolute Gasteiger partial charge is 0.472 e. The molecule has 3 aliphatic rings. The molecule has 0 aliphatic carbocycles. The number of aliphatic hydroxyl groups excluding tert-OH is 1. The predicted molar refractivity (Wildman–Crippen MR) is 246 cm³/mol. The van der Waals surface area contributed by atoms with Crippen molar-refractivity contribution >= 4 is 49.0 Å². The Labute approximate surface area is 402 Å². The predicted octanol–water partition coefficient (Wildman–Crippen LogP) is 6.10. The van der Waals surface area contributed by atoms with Crippen LogP contribution in [0.25, 0.3) is 11.2 Å². The third-order valence-corrected chi connectivity index (χ3v) is 16.2. The van der Waals surface area contributed by atoms with E-state index in [0.717, 1.165) is 74.5 Å². The number of fused-ring (bicyclic) bond motifs is 3. The molecule has 5 N–H and O–H groups in total. The summed E-state index contributed by atoms with van der Waals surface area (Å²) >= 11 is 0.590. The van der Waals surface area contributed by atoms with Crippen LogP contribution < -0.4 is 26.5 Å². The largest absolute Gasteiger partial charge is 0.494 e. The van der Waals surface area contributed by atoms with E-state index in [9.17, 15) is 28.4 Å². The van der Waals surface area contributed by atoms with Gasteiger partial charge in [-0.1, -0.05) is 50.7 Å². The fourth-order valence-corrected chi connectivity index (χ4v) is 12.3. The van der Waals surface area contributed by atoms with Crippen LogP contribution in [0, 0.1) is 0 Å². The summed E-state index contributed by atoms with van der Waals surface area (Å²) in [6, 6.07) is 13.7. The van der Waals surface area contributed by atoms with Crippen molar-refractivity contribution in [3.8, 4) is 11.5 Å². The summed E-state index contributed by atoms with van der Waals surface area (Å²) in [6.07, 6.45) is -3.40. The zero-order valence-electron chi connectivity index (χ0n) is 37.3. The normalized spacial score (nSPS) is 28.1. The van der Waals surface area contributed by atoms with E-state index in [4.69, 9.17) is 47.9 Å². The van der Waals surface area contributed by atoms with Crippen LogP contribution in [0.3, 0.4) is 0 Å². The SMILES string of the molecule is Nc1ncnc2c1ncn2[C@@H]1O[C@@H]2COP(=O)(SCc3ccc(OC(=O)c4ccc(OCCCCCCCCCCO)cc4)cc3)O[C@H]3[C@@H](F)[C@H](n4ccc(=O)[nH]c4=O)O[C@@H]3COP(=O)(O)O[C@H]2[C@H]1F. The number of halogens is 2.